The zero-order valence-electron chi connectivity index (χ0n) is 17.0. The van der Waals surface area contributed by atoms with Crippen LogP contribution >= 0.6 is 22.9 Å². The number of hydrogen-bond acceptors (Lipinski definition) is 5. The zero-order valence-corrected chi connectivity index (χ0v) is 18.5. The SMILES string of the molecule is CCn1cc(CN2CCN(C(=O)c3cc(COc4cccc(Cl)c4)cs3)CC2)cn1. The molecule has 2 aromatic heterocycles. The number of amides is 1. The predicted molar refractivity (Wildman–Crippen MR) is 119 cm³/mol. The van der Waals surface area contributed by atoms with E-state index in [2.05, 4.69) is 23.1 Å². The molecule has 8 heteroatoms. The molecule has 1 aromatic carbocycles. The lowest BCUT2D eigenvalue weighted by Crippen LogP contribution is -2.48. The Balaban J connectivity index is 1.27. The molecule has 1 amide bonds. The first-order chi connectivity index (χ1) is 14.6. The summed E-state index contributed by atoms with van der Waals surface area (Å²) in [6.07, 6.45) is 4.02. The van der Waals surface area contributed by atoms with Crippen LogP contribution in [-0.4, -0.2) is 51.7 Å². The number of benzene rings is 1. The zero-order chi connectivity index (χ0) is 20.9. The van der Waals surface area contributed by atoms with Crippen LogP contribution in [0.3, 0.4) is 0 Å². The van der Waals surface area contributed by atoms with Gasteiger partial charge in [-0.25, -0.2) is 0 Å². The van der Waals surface area contributed by atoms with Gasteiger partial charge in [0.05, 0.1) is 11.1 Å². The van der Waals surface area contributed by atoms with Crippen molar-refractivity contribution >= 4 is 28.8 Å². The molecule has 1 aliphatic rings. The van der Waals surface area contributed by atoms with Crippen LogP contribution in [0.1, 0.15) is 27.7 Å². The Morgan fingerprint density at radius 1 is 1.20 bits per heavy atom. The highest BCUT2D eigenvalue weighted by molar-refractivity contribution is 7.12. The molecule has 0 bridgehead atoms. The van der Waals surface area contributed by atoms with Crippen molar-refractivity contribution in [1.82, 2.24) is 19.6 Å². The van der Waals surface area contributed by atoms with E-state index < -0.39 is 0 Å². The number of rotatable bonds is 7. The molecule has 30 heavy (non-hydrogen) atoms. The standard InChI is InChI=1S/C22H25ClN4O2S/c1-2-27-14-18(12-24-27)13-25-6-8-26(9-7-25)22(28)21-10-17(16-30-21)15-29-20-5-3-4-19(23)11-20/h3-5,10-12,14,16H,2,6-9,13,15H2,1H3. The Morgan fingerprint density at radius 3 is 2.77 bits per heavy atom. The van der Waals surface area contributed by atoms with Crippen molar-refractivity contribution in [3.63, 3.8) is 0 Å². The summed E-state index contributed by atoms with van der Waals surface area (Å²) in [6.45, 7) is 7.50. The third-order valence-electron chi connectivity index (χ3n) is 5.14. The van der Waals surface area contributed by atoms with Crippen LogP contribution in [0.25, 0.3) is 0 Å². The van der Waals surface area contributed by atoms with Crippen LogP contribution in [-0.2, 0) is 19.7 Å². The van der Waals surface area contributed by atoms with Crippen molar-refractivity contribution in [2.45, 2.75) is 26.6 Å². The Labute approximate surface area is 185 Å². The molecule has 158 valence electrons. The first-order valence-electron chi connectivity index (χ1n) is 10.1. The number of halogens is 1. The second-order valence-corrected chi connectivity index (χ2v) is 8.69. The lowest BCUT2D eigenvalue weighted by molar-refractivity contribution is 0.0633. The number of aromatic nitrogens is 2. The van der Waals surface area contributed by atoms with Crippen molar-refractivity contribution in [2.75, 3.05) is 26.2 Å². The average Bonchev–Trinajstić information content (AvgIpc) is 3.42. The van der Waals surface area contributed by atoms with Crippen LogP contribution in [0, 0.1) is 0 Å². The van der Waals surface area contributed by atoms with Crippen LogP contribution in [0.15, 0.2) is 48.1 Å². The second kappa shape index (κ2) is 9.64. The molecule has 0 N–H and O–H groups in total. The van der Waals surface area contributed by atoms with E-state index in [1.807, 2.05) is 45.4 Å². The maximum Gasteiger partial charge on any atom is 0.264 e. The van der Waals surface area contributed by atoms with E-state index in [4.69, 9.17) is 16.3 Å². The number of aryl methyl sites for hydroxylation is 1. The number of carbonyl (C=O) groups excluding carboxylic acids is 1. The van der Waals surface area contributed by atoms with Gasteiger partial charge in [0.2, 0.25) is 0 Å². The quantitative estimate of drug-likeness (QED) is 0.549. The average molecular weight is 445 g/mol. The second-order valence-electron chi connectivity index (χ2n) is 7.34. The maximum absolute atomic E-state index is 12.9. The summed E-state index contributed by atoms with van der Waals surface area (Å²) in [5, 5.41) is 6.96. The molecule has 0 spiro atoms. The molecule has 0 aliphatic carbocycles. The van der Waals surface area contributed by atoms with Gasteiger partial charge in [0.15, 0.2) is 0 Å². The first-order valence-corrected chi connectivity index (χ1v) is 11.3. The molecule has 4 rings (SSSR count). The Kier molecular flexibility index (Phi) is 6.72. The summed E-state index contributed by atoms with van der Waals surface area (Å²) in [6, 6.07) is 9.26. The molecule has 1 saturated heterocycles. The highest BCUT2D eigenvalue weighted by atomic mass is 35.5. The first kappa shape index (κ1) is 20.9. The van der Waals surface area contributed by atoms with Crippen LogP contribution in [0.2, 0.25) is 5.02 Å². The fourth-order valence-electron chi connectivity index (χ4n) is 3.47. The number of hydrogen-bond donors (Lipinski definition) is 0. The fourth-order valence-corrected chi connectivity index (χ4v) is 4.52. The van der Waals surface area contributed by atoms with E-state index >= 15 is 0 Å². The molecular formula is C22H25ClN4O2S. The molecule has 6 nitrogen and oxygen atoms in total. The van der Waals surface area contributed by atoms with Crippen molar-refractivity contribution < 1.29 is 9.53 Å². The number of thiophene rings is 1. The van der Waals surface area contributed by atoms with Gasteiger partial charge in [0.1, 0.15) is 12.4 Å². The maximum atomic E-state index is 12.9. The number of ether oxygens (including phenoxy) is 1. The van der Waals surface area contributed by atoms with Crippen molar-refractivity contribution in [3.8, 4) is 5.75 Å². The summed E-state index contributed by atoms with van der Waals surface area (Å²) >= 11 is 7.46. The Hall–Kier alpha value is -2.35. The normalized spacial score (nSPS) is 14.8. The molecule has 0 saturated carbocycles. The Bertz CT molecular complexity index is 994. The van der Waals surface area contributed by atoms with E-state index in [-0.39, 0.29) is 5.91 Å². The molecule has 0 radical (unpaired) electrons. The van der Waals surface area contributed by atoms with Gasteiger partial charge in [0, 0.05) is 61.6 Å². The lowest BCUT2D eigenvalue weighted by Gasteiger charge is -2.34. The molecular weight excluding hydrogens is 420 g/mol. The van der Waals surface area contributed by atoms with E-state index in [9.17, 15) is 4.79 Å². The van der Waals surface area contributed by atoms with E-state index in [0.717, 1.165) is 55.5 Å². The number of carbonyl (C=O) groups is 1. The predicted octanol–water partition coefficient (Wildman–Crippen LogP) is 4.15. The third-order valence-corrected chi connectivity index (χ3v) is 6.34. The van der Waals surface area contributed by atoms with Crippen LogP contribution in [0.4, 0.5) is 0 Å². The number of piperazine rings is 1. The highest BCUT2D eigenvalue weighted by Gasteiger charge is 2.23. The van der Waals surface area contributed by atoms with E-state index in [1.165, 1.54) is 16.9 Å². The van der Waals surface area contributed by atoms with Crippen molar-refractivity contribution in [2.24, 2.45) is 0 Å². The molecule has 3 heterocycles. The summed E-state index contributed by atoms with van der Waals surface area (Å²) in [5.74, 6) is 0.828. The Morgan fingerprint density at radius 2 is 2.03 bits per heavy atom. The topological polar surface area (TPSA) is 50.6 Å². The lowest BCUT2D eigenvalue weighted by atomic mass is 10.2. The minimum Gasteiger partial charge on any atom is -0.489 e. The van der Waals surface area contributed by atoms with Gasteiger partial charge in [-0.05, 0) is 36.6 Å². The van der Waals surface area contributed by atoms with Crippen molar-refractivity contribution in [1.29, 1.82) is 0 Å². The van der Waals surface area contributed by atoms with Gasteiger partial charge in [0.25, 0.3) is 5.91 Å². The van der Waals surface area contributed by atoms with Gasteiger partial charge in [-0.1, -0.05) is 17.7 Å². The molecule has 0 atom stereocenters. The van der Waals surface area contributed by atoms with Gasteiger partial charge in [-0.15, -0.1) is 11.3 Å². The smallest absolute Gasteiger partial charge is 0.264 e. The molecule has 1 fully saturated rings. The minimum absolute atomic E-state index is 0.104. The van der Waals surface area contributed by atoms with Gasteiger partial charge in [-0.2, -0.15) is 5.10 Å². The number of nitrogens with zero attached hydrogens (tertiary/aromatic N) is 4. The monoisotopic (exact) mass is 444 g/mol. The molecule has 3 aromatic rings. The molecule has 0 unspecified atom stereocenters. The third kappa shape index (κ3) is 5.22. The highest BCUT2D eigenvalue weighted by Crippen LogP contribution is 2.22. The van der Waals surface area contributed by atoms with Crippen LogP contribution < -0.4 is 4.74 Å². The molecule has 1 aliphatic heterocycles. The van der Waals surface area contributed by atoms with Crippen LogP contribution in [0.5, 0.6) is 5.75 Å². The summed E-state index contributed by atoms with van der Waals surface area (Å²) in [7, 11) is 0. The summed E-state index contributed by atoms with van der Waals surface area (Å²) < 4.78 is 7.72. The van der Waals surface area contributed by atoms with E-state index in [0.29, 0.717) is 11.6 Å². The van der Waals surface area contributed by atoms with Crippen molar-refractivity contribution in [3.05, 3.63) is 69.1 Å². The minimum atomic E-state index is 0.104. The van der Waals surface area contributed by atoms with Gasteiger partial charge < -0.3 is 9.64 Å². The van der Waals surface area contributed by atoms with Gasteiger partial charge >= 0.3 is 0 Å². The van der Waals surface area contributed by atoms with E-state index in [1.54, 1.807) is 6.07 Å². The largest absolute Gasteiger partial charge is 0.489 e. The fraction of sp³-hybridized carbons (Fsp3) is 0.364. The van der Waals surface area contributed by atoms with Gasteiger partial charge in [-0.3, -0.25) is 14.4 Å². The summed E-state index contributed by atoms with van der Waals surface area (Å²) in [4.78, 5) is 18.0. The summed E-state index contributed by atoms with van der Waals surface area (Å²) in [5.41, 5.74) is 2.22.